The van der Waals surface area contributed by atoms with Gasteiger partial charge in [0.2, 0.25) is 11.8 Å². The molecule has 130 valence electrons. The van der Waals surface area contributed by atoms with Crippen LogP contribution in [0.15, 0.2) is 42.6 Å². The first-order chi connectivity index (χ1) is 12.0. The Labute approximate surface area is 149 Å². The molecule has 1 atom stereocenters. The highest BCUT2D eigenvalue weighted by molar-refractivity contribution is 6.30. The van der Waals surface area contributed by atoms with Crippen LogP contribution in [0.25, 0.3) is 0 Å². The Morgan fingerprint density at radius 3 is 2.72 bits per heavy atom. The summed E-state index contributed by atoms with van der Waals surface area (Å²) >= 11 is 5.76. The lowest BCUT2D eigenvalue weighted by molar-refractivity contribution is -0.128. The number of nitrogens with zero attached hydrogens (tertiary/aromatic N) is 2. The van der Waals surface area contributed by atoms with Gasteiger partial charge in [-0.15, -0.1) is 0 Å². The van der Waals surface area contributed by atoms with Crippen molar-refractivity contribution in [1.82, 2.24) is 9.88 Å². The minimum Gasteiger partial charge on any atom is -0.342 e. The number of nitrogens with one attached hydrogen (secondary N) is 1. The van der Waals surface area contributed by atoms with E-state index in [0.717, 1.165) is 5.56 Å². The second kappa shape index (κ2) is 7.61. The highest BCUT2D eigenvalue weighted by Crippen LogP contribution is 2.20. The van der Waals surface area contributed by atoms with E-state index in [4.69, 9.17) is 11.6 Å². The van der Waals surface area contributed by atoms with Gasteiger partial charge >= 0.3 is 0 Å². The van der Waals surface area contributed by atoms with E-state index in [-0.39, 0.29) is 24.1 Å². The average Bonchev–Trinajstić information content (AvgIpc) is 2.97. The third kappa shape index (κ3) is 4.54. The van der Waals surface area contributed by atoms with E-state index < -0.39 is 5.92 Å². The number of rotatable bonds is 5. The lowest BCUT2D eigenvalue weighted by atomic mass is 10.1. The SMILES string of the molecule is O=C(Nc1ccc(Cl)cn1)[C@H]1CC(=O)N(CCc2ccc(F)cc2)C1. The quantitative estimate of drug-likeness (QED) is 0.890. The highest BCUT2D eigenvalue weighted by Gasteiger charge is 2.34. The first-order valence-corrected chi connectivity index (χ1v) is 8.34. The Hall–Kier alpha value is -2.47. The first kappa shape index (κ1) is 17.4. The first-order valence-electron chi connectivity index (χ1n) is 7.96. The highest BCUT2D eigenvalue weighted by atomic mass is 35.5. The van der Waals surface area contributed by atoms with Crippen LogP contribution in [0.5, 0.6) is 0 Å². The molecule has 0 saturated carbocycles. The van der Waals surface area contributed by atoms with Gasteiger partial charge in [-0.05, 0) is 36.2 Å². The summed E-state index contributed by atoms with van der Waals surface area (Å²) in [4.78, 5) is 30.1. The Kier molecular flexibility index (Phi) is 5.28. The van der Waals surface area contributed by atoms with Gasteiger partial charge in [-0.25, -0.2) is 9.37 Å². The lowest BCUT2D eigenvalue weighted by Gasteiger charge is -2.16. The third-order valence-electron chi connectivity index (χ3n) is 4.15. The standard InChI is InChI=1S/C18H17ClFN3O2/c19-14-3-6-16(21-10-14)22-18(25)13-9-17(24)23(11-13)8-7-12-1-4-15(20)5-2-12/h1-6,10,13H,7-9,11H2,(H,21,22,25)/t13-/m0/s1. The molecule has 2 heterocycles. The van der Waals surface area contributed by atoms with E-state index in [2.05, 4.69) is 10.3 Å². The average molecular weight is 362 g/mol. The minimum absolute atomic E-state index is 0.0497. The molecule has 1 aliphatic rings. The van der Waals surface area contributed by atoms with Crippen molar-refractivity contribution in [3.05, 3.63) is 59.0 Å². The van der Waals surface area contributed by atoms with Crippen LogP contribution in [0.1, 0.15) is 12.0 Å². The predicted molar refractivity (Wildman–Crippen MR) is 92.7 cm³/mol. The number of benzene rings is 1. The molecule has 3 rings (SSSR count). The van der Waals surface area contributed by atoms with Crippen molar-refractivity contribution in [2.75, 3.05) is 18.4 Å². The molecule has 0 unspecified atom stereocenters. The van der Waals surface area contributed by atoms with Crippen LogP contribution in [0.2, 0.25) is 5.02 Å². The van der Waals surface area contributed by atoms with Gasteiger partial charge in [0, 0.05) is 25.7 Å². The van der Waals surface area contributed by atoms with E-state index in [1.165, 1.54) is 18.3 Å². The van der Waals surface area contributed by atoms with Crippen LogP contribution in [0.4, 0.5) is 10.2 Å². The van der Waals surface area contributed by atoms with Gasteiger partial charge in [-0.3, -0.25) is 9.59 Å². The zero-order valence-electron chi connectivity index (χ0n) is 13.4. The van der Waals surface area contributed by atoms with E-state index in [1.807, 2.05) is 0 Å². The maximum absolute atomic E-state index is 12.9. The number of hydrogen-bond acceptors (Lipinski definition) is 3. The molecule has 2 amide bonds. The molecule has 1 N–H and O–H groups in total. The summed E-state index contributed by atoms with van der Waals surface area (Å²) in [5.74, 6) is -0.558. The van der Waals surface area contributed by atoms with E-state index in [0.29, 0.717) is 30.4 Å². The molecule has 2 aromatic rings. The molecule has 0 bridgehead atoms. The zero-order chi connectivity index (χ0) is 17.8. The molecule has 0 aliphatic carbocycles. The van der Waals surface area contributed by atoms with Crippen molar-refractivity contribution in [2.24, 2.45) is 5.92 Å². The summed E-state index contributed by atoms with van der Waals surface area (Å²) < 4.78 is 12.9. The summed E-state index contributed by atoms with van der Waals surface area (Å²) in [6.07, 6.45) is 2.26. The van der Waals surface area contributed by atoms with Gasteiger partial charge in [0.15, 0.2) is 0 Å². The van der Waals surface area contributed by atoms with Crippen molar-refractivity contribution < 1.29 is 14.0 Å². The van der Waals surface area contributed by atoms with Crippen LogP contribution >= 0.6 is 11.6 Å². The fourth-order valence-corrected chi connectivity index (χ4v) is 2.87. The number of carbonyl (C=O) groups is 2. The Morgan fingerprint density at radius 1 is 1.28 bits per heavy atom. The Morgan fingerprint density at radius 2 is 2.04 bits per heavy atom. The molecular formula is C18H17ClFN3O2. The van der Waals surface area contributed by atoms with Gasteiger partial charge in [0.05, 0.1) is 10.9 Å². The summed E-state index contributed by atoms with van der Waals surface area (Å²) in [5.41, 5.74) is 0.951. The van der Waals surface area contributed by atoms with Gasteiger partial charge in [0.1, 0.15) is 11.6 Å². The van der Waals surface area contributed by atoms with Crippen LogP contribution in [-0.4, -0.2) is 34.8 Å². The van der Waals surface area contributed by atoms with Gasteiger partial charge in [-0.1, -0.05) is 23.7 Å². The smallest absolute Gasteiger partial charge is 0.230 e. The maximum atomic E-state index is 12.9. The van der Waals surface area contributed by atoms with Crippen LogP contribution in [0.3, 0.4) is 0 Å². The zero-order valence-corrected chi connectivity index (χ0v) is 14.2. The maximum Gasteiger partial charge on any atom is 0.230 e. The van der Waals surface area contributed by atoms with Gasteiger partial charge < -0.3 is 10.2 Å². The molecule has 25 heavy (non-hydrogen) atoms. The molecule has 1 aromatic heterocycles. The summed E-state index contributed by atoms with van der Waals surface area (Å²) in [5, 5.41) is 3.19. The number of amides is 2. The number of aromatic nitrogens is 1. The van der Waals surface area contributed by atoms with E-state index in [9.17, 15) is 14.0 Å². The molecule has 1 fully saturated rings. The van der Waals surface area contributed by atoms with Crippen molar-refractivity contribution in [1.29, 1.82) is 0 Å². The molecule has 0 spiro atoms. The largest absolute Gasteiger partial charge is 0.342 e. The molecule has 7 heteroatoms. The van der Waals surface area contributed by atoms with Gasteiger partial charge in [0.25, 0.3) is 0 Å². The van der Waals surface area contributed by atoms with Gasteiger partial charge in [-0.2, -0.15) is 0 Å². The van der Waals surface area contributed by atoms with Crippen LogP contribution in [-0.2, 0) is 16.0 Å². The minimum atomic E-state index is -0.404. The lowest BCUT2D eigenvalue weighted by Crippen LogP contribution is -2.30. The molecule has 1 aliphatic heterocycles. The molecule has 1 saturated heterocycles. The summed E-state index contributed by atoms with van der Waals surface area (Å²) in [7, 11) is 0. The van der Waals surface area contributed by atoms with Crippen molar-refractivity contribution in [3.8, 4) is 0 Å². The fraction of sp³-hybridized carbons (Fsp3) is 0.278. The molecule has 1 aromatic carbocycles. The monoisotopic (exact) mass is 361 g/mol. The Balaban J connectivity index is 1.53. The topological polar surface area (TPSA) is 62.3 Å². The normalized spacial score (nSPS) is 17.0. The van der Waals surface area contributed by atoms with Crippen molar-refractivity contribution in [3.63, 3.8) is 0 Å². The van der Waals surface area contributed by atoms with Crippen LogP contribution in [0, 0.1) is 11.7 Å². The van der Waals surface area contributed by atoms with Crippen molar-refractivity contribution in [2.45, 2.75) is 12.8 Å². The number of halogens is 2. The van der Waals surface area contributed by atoms with E-state index >= 15 is 0 Å². The number of carbonyl (C=O) groups excluding carboxylic acids is 2. The molecular weight excluding hydrogens is 345 g/mol. The Bertz CT molecular complexity index is 765. The molecule has 5 nitrogen and oxygen atoms in total. The number of hydrogen-bond donors (Lipinski definition) is 1. The summed E-state index contributed by atoms with van der Waals surface area (Å²) in [6, 6.07) is 9.45. The predicted octanol–water partition coefficient (Wildman–Crippen LogP) is 2.90. The number of anilines is 1. The molecule has 0 radical (unpaired) electrons. The van der Waals surface area contributed by atoms with Crippen molar-refractivity contribution >= 4 is 29.2 Å². The second-order valence-electron chi connectivity index (χ2n) is 5.97. The third-order valence-corrected chi connectivity index (χ3v) is 4.37. The van der Waals surface area contributed by atoms with E-state index in [1.54, 1.807) is 29.2 Å². The second-order valence-corrected chi connectivity index (χ2v) is 6.40. The summed E-state index contributed by atoms with van der Waals surface area (Å²) in [6.45, 7) is 0.882. The number of pyridine rings is 1. The number of likely N-dealkylation sites (tertiary alicyclic amines) is 1. The van der Waals surface area contributed by atoms with Crippen LogP contribution < -0.4 is 5.32 Å². The fourth-order valence-electron chi connectivity index (χ4n) is 2.76.